The van der Waals surface area contributed by atoms with Gasteiger partial charge >= 0.3 is 0 Å². The largest absolute Gasteiger partial charge is 0.382 e. The van der Waals surface area contributed by atoms with Crippen LogP contribution in [0.5, 0.6) is 0 Å². The lowest BCUT2D eigenvalue weighted by atomic mass is 9.96. The van der Waals surface area contributed by atoms with Gasteiger partial charge in [-0.25, -0.2) is 0 Å². The summed E-state index contributed by atoms with van der Waals surface area (Å²) in [5, 5.41) is 3.45. The van der Waals surface area contributed by atoms with Crippen LogP contribution in [0.15, 0.2) is 42.5 Å². The number of piperidine rings is 1. The number of nitrogens with two attached hydrogens (primary N) is 2. The van der Waals surface area contributed by atoms with E-state index in [1.54, 1.807) is 6.92 Å². The number of carbonyl (C=O) groups excluding carboxylic acids is 2. The Morgan fingerprint density at radius 3 is 2.13 bits per heavy atom. The third-order valence-electron chi connectivity index (χ3n) is 5.75. The highest BCUT2D eigenvalue weighted by atomic mass is 16.2. The molecule has 1 atom stereocenters. The Bertz CT molecular complexity index is 898. The van der Waals surface area contributed by atoms with E-state index in [0.717, 1.165) is 29.7 Å². The van der Waals surface area contributed by atoms with E-state index < -0.39 is 11.9 Å². The molecule has 0 radical (unpaired) electrons. The second-order valence-corrected chi connectivity index (χ2v) is 8.43. The molecule has 1 unspecified atom stereocenters. The predicted molar refractivity (Wildman–Crippen MR) is 121 cm³/mol. The summed E-state index contributed by atoms with van der Waals surface area (Å²) in [4.78, 5) is 26.0. The molecule has 2 aromatic carbocycles. The first-order valence-corrected chi connectivity index (χ1v) is 10.6. The SMILES string of the molecule is CC(N)C(=O)N1CCC(Nc2ccc(-c3ccc(C(C)C)cc3)cc2C(N)=O)CC1. The van der Waals surface area contributed by atoms with E-state index in [4.69, 9.17) is 11.5 Å². The van der Waals surface area contributed by atoms with E-state index in [9.17, 15) is 9.59 Å². The highest BCUT2D eigenvalue weighted by Gasteiger charge is 2.25. The third-order valence-corrected chi connectivity index (χ3v) is 5.75. The van der Waals surface area contributed by atoms with Crippen LogP contribution in [0.4, 0.5) is 5.69 Å². The summed E-state index contributed by atoms with van der Waals surface area (Å²) in [6, 6.07) is 13.9. The van der Waals surface area contributed by atoms with Gasteiger partial charge in [-0.2, -0.15) is 0 Å². The van der Waals surface area contributed by atoms with Crippen molar-refractivity contribution in [3.05, 3.63) is 53.6 Å². The molecule has 1 heterocycles. The molecule has 6 nitrogen and oxygen atoms in total. The summed E-state index contributed by atoms with van der Waals surface area (Å²) in [6.07, 6.45) is 1.60. The van der Waals surface area contributed by atoms with Crippen LogP contribution in [-0.4, -0.2) is 41.9 Å². The van der Waals surface area contributed by atoms with Crippen molar-refractivity contribution in [3.63, 3.8) is 0 Å². The van der Waals surface area contributed by atoms with Crippen molar-refractivity contribution in [2.24, 2.45) is 11.5 Å². The summed E-state index contributed by atoms with van der Waals surface area (Å²) < 4.78 is 0. The van der Waals surface area contributed by atoms with E-state index in [-0.39, 0.29) is 11.9 Å². The van der Waals surface area contributed by atoms with Crippen molar-refractivity contribution in [2.45, 2.75) is 51.6 Å². The molecule has 160 valence electrons. The zero-order valence-electron chi connectivity index (χ0n) is 18.0. The van der Waals surface area contributed by atoms with Gasteiger partial charge in [0.25, 0.3) is 5.91 Å². The summed E-state index contributed by atoms with van der Waals surface area (Å²) in [7, 11) is 0. The number of primary amides is 1. The van der Waals surface area contributed by atoms with Crippen LogP contribution in [0.3, 0.4) is 0 Å². The van der Waals surface area contributed by atoms with Crippen LogP contribution in [0.1, 0.15) is 55.5 Å². The maximum atomic E-state index is 12.1. The topological polar surface area (TPSA) is 101 Å². The molecule has 3 rings (SSSR count). The zero-order chi connectivity index (χ0) is 21.8. The number of anilines is 1. The molecule has 2 amide bonds. The highest BCUT2D eigenvalue weighted by Crippen LogP contribution is 2.28. The normalized spacial score (nSPS) is 15.8. The Labute approximate surface area is 178 Å². The van der Waals surface area contributed by atoms with Gasteiger partial charge in [-0.05, 0) is 54.5 Å². The minimum atomic E-state index is -0.474. The Morgan fingerprint density at radius 1 is 1.00 bits per heavy atom. The molecular weight excluding hydrogens is 376 g/mol. The number of nitrogens with one attached hydrogen (secondary N) is 1. The van der Waals surface area contributed by atoms with E-state index >= 15 is 0 Å². The molecule has 2 aromatic rings. The number of rotatable bonds is 6. The van der Waals surface area contributed by atoms with Crippen LogP contribution in [0.2, 0.25) is 0 Å². The maximum Gasteiger partial charge on any atom is 0.250 e. The Kier molecular flexibility index (Phi) is 6.77. The third kappa shape index (κ3) is 5.00. The van der Waals surface area contributed by atoms with E-state index in [2.05, 4.69) is 43.4 Å². The molecular formula is C24H32N4O2. The van der Waals surface area contributed by atoms with Crippen molar-refractivity contribution >= 4 is 17.5 Å². The number of carbonyl (C=O) groups is 2. The van der Waals surface area contributed by atoms with E-state index in [0.29, 0.717) is 24.6 Å². The lowest BCUT2D eigenvalue weighted by Crippen LogP contribution is -2.48. The molecule has 0 bridgehead atoms. The average Bonchev–Trinajstić information content (AvgIpc) is 2.74. The Morgan fingerprint density at radius 2 is 1.60 bits per heavy atom. The molecule has 5 N–H and O–H groups in total. The number of nitrogens with zero attached hydrogens (tertiary/aromatic N) is 1. The molecule has 1 fully saturated rings. The van der Waals surface area contributed by atoms with Crippen LogP contribution in [0, 0.1) is 0 Å². The fourth-order valence-corrected chi connectivity index (χ4v) is 3.87. The van der Waals surface area contributed by atoms with Crippen molar-refractivity contribution < 1.29 is 9.59 Å². The molecule has 1 aliphatic heterocycles. The fourth-order valence-electron chi connectivity index (χ4n) is 3.87. The van der Waals surface area contributed by atoms with Gasteiger partial charge in [-0.3, -0.25) is 9.59 Å². The molecule has 1 aliphatic rings. The monoisotopic (exact) mass is 408 g/mol. The molecule has 0 aliphatic carbocycles. The van der Waals surface area contributed by atoms with Gasteiger partial charge in [0.2, 0.25) is 5.91 Å². The van der Waals surface area contributed by atoms with Gasteiger partial charge in [0.05, 0.1) is 11.6 Å². The number of hydrogen-bond acceptors (Lipinski definition) is 4. The molecule has 0 spiro atoms. The van der Waals surface area contributed by atoms with E-state index in [1.165, 1.54) is 5.56 Å². The van der Waals surface area contributed by atoms with Crippen LogP contribution in [0.25, 0.3) is 11.1 Å². The lowest BCUT2D eigenvalue weighted by molar-refractivity contribution is -0.133. The molecule has 30 heavy (non-hydrogen) atoms. The summed E-state index contributed by atoms with van der Waals surface area (Å²) in [6.45, 7) is 7.35. The standard InChI is InChI=1S/C24H32N4O2/c1-15(2)17-4-6-18(7-5-17)19-8-9-22(21(14-19)23(26)29)27-20-10-12-28(13-11-20)24(30)16(3)25/h4-9,14-16,20,27H,10-13,25H2,1-3H3,(H2,26,29). The average molecular weight is 409 g/mol. The van der Waals surface area contributed by atoms with Gasteiger partial charge in [0.1, 0.15) is 0 Å². The maximum absolute atomic E-state index is 12.1. The summed E-state index contributed by atoms with van der Waals surface area (Å²) in [5.74, 6) is 0.00316. The number of amides is 2. The number of hydrogen-bond donors (Lipinski definition) is 3. The molecule has 0 saturated carbocycles. The van der Waals surface area contributed by atoms with Crippen molar-refractivity contribution in [2.75, 3.05) is 18.4 Å². The molecule has 6 heteroatoms. The first-order chi connectivity index (χ1) is 14.3. The van der Waals surface area contributed by atoms with E-state index in [1.807, 2.05) is 23.1 Å². The summed E-state index contributed by atoms with van der Waals surface area (Å²) in [5.41, 5.74) is 15.9. The fraction of sp³-hybridized carbons (Fsp3) is 0.417. The minimum Gasteiger partial charge on any atom is -0.382 e. The van der Waals surface area contributed by atoms with Gasteiger partial charge in [-0.15, -0.1) is 0 Å². The zero-order valence-corrected chi connectivity index (χ0v) is 18.0. The first kappa shape index (κ1) is 21.8. The highest BCUT2D eigenvalue weighted by molar-refractivity contribution is 6.00. The van der Waals surface area contributed by atoms with Crippen LogP contribution < -0.4 is 16.8 Å². The second-order valence-electron chi connectivity index (χ2n) is 8.43. The van der Waals surface area contributed by atoms with Crippen molar-refractivity contribution in [1.82, 2.24) is 4.90 Å². The van der Waals surface area contributed by atoms with Gasteiger partial charge in [0.15, 0.2) is 0 Å². The van der Waals surface area contributed by atoms with Crippen molar-refractivity contribution in [1.29, 1.82) is 0 Å². The van der Waals surface area contributed by atoms with Crippen molar-refractivity contribution in [3.8, 4) is 11.1 Å². The van der Waals surface area contributed by atoms with Gasteiger partial charge in [-0.1, -0.05) is 44.2 Å². The lowest BCUT2D eigenvalue weighted by Gasteiger charge is -2.34. The van der Waals surface area contributed by atoms with Crippen LogP contribution in [-0.2, 0) is 4.79 Å². The second kappa shape index (κ2) is 9.30. The molecule has 1 saturated heterocycles. The quantitative estimate of drug-likeness (QED) is 0.682. The van der Waals surface area contributed by atoms with Gasteiger partial charge in [0, 0.05) is 24.8 Å². The summed E-state index contributed by atoms with van der Waals surface area (Å²) >= 11 is 0. The predicted octanol–water partition coefficient (Wildman–Crippen LogP) is 3.33. The first-order valence-electron chi connectivity index (χ1n) is 10.6. The molecule has 0 aromatic heterocycles. The number of likely N-dealkylation sites (tertiary alicyclic amines) is 1. The smallest absolute Gasteiger partial charge is 0.250 e. The minimum absolute atomic E-state index is 0.0147. The Balaban J connectivity index is 1.73. The van der Waals surface area contributed by atoms with Crippen LogP contribution >= 0.6 is 0 Å². The Hall–Kier alpha value is -2.86. The van der Waals surface area contributed by atoms with Gasteiger partial charge < -0.3 is 21.7 Å². The number of benzene rings is 2.